The predicted octanol–water partition coefficient (Wildman–Crippen LogP) is 3.58. The first-order chi connectivity index (χ1) is 14.9. The number of pyridine rings is 1. The number of methoxy groups -OCH3 is 2. The number of ether oxygens (including phenoxy) is 2. The molecule has 2 N–H and O–H groups in total. The fourth-order valence-electron chi connectivity index (χ4n) is 3.86. The van der Waals surface area contributed by atoms with Crippen LogP contribution >= 0.6 is 0 Å². The molecular formula is C23H28FN3O4. The zero-order valence-electron chi connectivity index (χ0n) is 18.0. The lowest BCUT2D eigenvalue weighted by Crippen LogP contribution is -2.39. The zero-order chi connectivity index (χ0) is 22.4. The smallest absolute Gasteiger partial charge is 0.228 e. The van der Waals surface area contributed by atoms with Crippen LogP contribution in [0.2, 0.25) is 0 Å². The molecule has 1 aromatic carbocycles. The molecule has 31 heavy (non-hydrogen) atoms. The highest BCUT2D eigenvalue weighted by atomic mass is 19.1. The van der Waals surface area contributed by atoms with Crippen molar-refractivity contribution >= 4 is 17.5 Å². The summed E-state index contributed by atoms with van der Waals surface area (Å²) in [6, 6.07) is 6.73. The van der Waals surface area contributed by atoms with E-state index in [-0.39, 0.29) is 35.0 Å². The van der Waals surface area contributed by atoms with Gasteiger partial charge in [0, 0.05) is 29.2 Å². The van der Waals surface area contributed by atoms with Crippen molar-refractivity contribution in [2.45, 2.75) is 38.6 Å². The molecule has 0 saturated heterocycles. The van der Waals surface area contributed by atoms with Gasteiger partial charge < -0.3 is 20.1 Å². The maximum absolute atomic E-state index is 14.5. The van der Waals surface area contributed by atoms with E-state index >= 15 is 0 Å². The molecule has 0 aliphatic heterocycles. The van der Waals surface area contributed by atoms with Crippen LogP contribution in [0.5, 0.6) is 11.5 Å². The summed E-state index contributed by atoms with van der Waals surface area (Å²) in [7, 11) is 3.04. The molecule has 166 valence electrons. The van der Waals surface area contributed by atoms with Crippen molar-refractivity contribution < 1.29 is 23.5 Å². The van der Waals surface area contributed by atoms with E-state index in [4.69, 9.17) is 9.47 Å². The van der Waals surface area contributed by atoms with E-state index < -0.39 is 5.82 Å². The summed E-state index contributed by atoms with van der Waals surface area (Å²) in [5.74, 6) is 0.529. The number of amides is 1. The third-order valence-electron chi connectivity index (χ3n) is 5.49. The Balaban J connectivity index is 1.75. The first-order valence-electron chi connectivity index (χ1n) is 10.3. The first kappa shape index (κ1) is 22.7. The highest BCUT2D eigenvalue weighted by molar-refractivity contribution is 5.92. The first-order valence-corrected chi connectivity index (χ1v) is 10.3. The van der Waals surface area contributed by atoms with Crippen molar-refractivity contribution in [2.24, 2.45) is 5.92 Å². The minimum atomic E-state index is -0.521. The van der Waals surface area contributed by atoms with Gasteiger partial charge in [0.05, 0.1) is 27.0 Å². The van der Waals surface area contributed by atoms with Crippen molar-refractivity contribution in [1.29, 1.82) is 0 Å². The molecule has 3 rings (SSSR count). The van der Waals surface area contributed by atoms with Gasteiger partial charge in [-0.3, -0.25) is 9.59 Å². The van der Waals surface area contributed by atoms with Crippen LogP contribution in [-0.2, 0) is 9.59 Å². The normalized spacial score (nSPS) is 18.3. The topological polar surface area (TPSA) is 89.6 Å². The van der Waals surface area contributed by atoms with Crippen molar-refractivity contribution in [3.05, 3.63) is 36.3 Å². The molecule has 1 aliphatic rings. The van der Waals surface area contributed by atoms with Crippen LogP contribution in [0.3, 0.4) is 0 Å². The average Bonchev–Trinajstić information content (AvgIpc) is 2.78. The molecule has 1 aliphatic carbocycles. The fourth-order valence-corrected chi connectivity index (χ4v) is 3.86. The molecule has 1 saturated carbocycles. The van der Waals surface area contributed by atoms with Crippen LogP contribution in [0.25, 0.3) is 11.1 Å². The van der Waals surface area contributed by atoms with Crippen LogP contribution in [-0.4, -0.2) is 43.5 Å². The summed E-state index contributed by atoms with van der Waals surface area (Å²) in [5.41, 5.74) is 0.805. The minimum Gasteiger partial charge on any atom is -0.497 e. The minimum absolute atomic E-state index is 0.0728. The van der Waals surface area contributed by atoms with Crippen LogP contribution in [0.4, 0.5) is 10.2 Å². The number of ketones is 1. The van der Waals surface area contributed by atoms with E-state index in [0.29, 0.717) is 30.0 Å². The number of Topliss-reactive ketones (excluding diaryl/α,β-unsaturated/α-hetero) is 1. The van der Waals surface area contributed by atoms with Crippen molar-refractivity contribution in [3.8, 4) is 22.6 Å². The number of benzene rings is 1. The van der Waals surface area contributed by atoms with Gasteiger partial charge in [0.1, 0.15) is 28.9 Å². The Morgan fingerprint density at radius 1 is 1.16 bits per heavy atom. The molecule has 7 nitrogen and oxygen atoms in total. The number of rotatable bonds is 8. The average molecular weight is 429 g/mol. The summed E-state index contributed by atoms with van der Waals surface area (Å²) >= 11 is 0. The Morgan fingerprint density at radius 3 is 2.68 bits per heavy atom. The highest BCUT2D eigenvalue weighted by Gasteiger charge is 2.27. The largest absolute Gasteiger partial charge is 0.497 e. The number of nitrogens with one attached hydrogen (secondary N) is 2. The Bertz CT molecular complexity index is 950. The number of carbonyl (C=O) groups excluding carboxylic acids is 2. The summed E-state index contributed by atoms with van der Waals surface area (Å²) in [5, 5.41) is 6.03. The van der Waals surface area contributed by atoms with Gasteiger partial charge in [0.2, 0.25) is 5.91 Å². The van der Waals surface area contributed by atoms with Gasteiger partial charge in [-0.25, -0.2) is 9.37 Å². The van der Waals surface area contributed by atoms with E-state index in [0.717, 1.165) is 25.5 Å². The predicted molar refractivity (Wildman–Crippen MR) is 116 cm³/mol. The van der Waals surface area contributed by atoms with E-state index in [2.05, 4.69) is 15.6 Å². The van der Waals surface area contributed by atoms with Gasteiger partial charge in [-0.1, -0.05) is 6.42 Å². The molecule has 0 radical (unpaired) electrons. The number of hydrogen-bond acceptors (Lipinski definition) is 6. The van der Waals surface area contributed by atoms with E-state index in [1.54, 1.807) is 25.3 Å². The van der Waals surface area contributed by atoms with E-state index in [1.165, 1.54) is 20.1 Å². The number of carbonyl (C=O) groups is 2. The lowest BCUT2D eigenvalue weighted by atomic mass is 9.85. The van der Waals surface area contributed by atoms with Gasteiger partial charge in [-0.15, -0.1) is 0 Å². The van der Waals surface area contributed by atoms with Crippen LogP contribution in [0.1, 0.15) is 32.6 Å². The van der Waals surface area contributed by atoms with Gasteiger partial charge in [0.25, 0.3) is 0 Å². The molecule has 0 spiro atoms. The molecule has 1 aromatic heterocycles. The second-order valence-corrected chi connectivity index (χ2v) is 7.75. The third kappa shape index (κ3) is 5.79. The molecule has 0 unspecified atom stereocenters. The summed E-state index contributed by atoms with van der Waals surface area (Å²) in [4.78, 5) is 28.0. The Hall–Kier alpha value is -3.00. The molecule has 8 heteroatoms. The van der Waals surface area contributed by atoms with E-state index in [1.807, 2.05) is 0 Å². The molecule has 1 fully saturated rings. The van der Waals surface area contributed by atoms with E-state index in [9.17, 15) is 14.0 Å². The number of halogens is 1. The molecule has 2 aromatic rings. The van der Waals surface area contributed by atoms with Crippen molar-refractivity contribution in [2.75, 3.05) is 26.1 Å². The zero-order valence-corrected chi connectivity index (χ0v) is 18.0. The maximum Gasteiger partial charge on any atom is 0.228 e. The SMILES string of the molecule is COc1ccc(-c2cc(NC(=O)[C@H]3CCC[C@@H](NCC(C)=O)C3)ncc2F)c(OC)c1. The number of nitrogens with zero attached hydrogens (tertiary/aromatic N) is 1. The third-order valence-corrected chi connectivity index (χ3v) is 5.49. The molecule has 0 bridgehead atoms. The van der Waals surface area contributed by atoms with Crippen molar-refractivity contribution in [3.63, 3.8) is 0 Å². The quantitative estimate of drug-likeness (QED) is 0.667. The summed E-state index contributed by atoms with van der Waals surface area (Å²) in [6.07, 6.45) is 4.35. The Labute approximate surface area is 181 Å². The monoisotopic (exact) mass is 429 g/mol. The Kier molecular flexibility index (Phi) is 7.57. The lowest BCUT2D eigenvalue weighted by molar-refractivity contribution is -0.121. The van der Waals surface area contributed by atoms with Crippen LogP contribution in [0, 0.1) is 11.7 Å². The molecule has 1 heterocycles. The maximum atomic E-state index is 14.5. The number of anilines is 1. The molecular weight excluding hydrogens is 401 g/mol. The summed E-state index contributed by atoms with van der Waals surface area (Å²) < 4.78 is 25.1. The standard InChI is InChI=1S/C23H28FN3O4/c1-14(28)12-25-16-6-4-5-15(9-16)23(29)27-22-11-19(20(24)13-26-22)18-8-7-17(30-2)10-21(18)31-3/h7-8,10-11,13,15-16,25H,4-6,9,12H2,1-3H3,(H,26,27,29)/t15-,16+/m0/s1. The van der Waals surface area contributed by atoms with Gasteiger partial charge in [0.15, 0.2) is 0 Å². The number of hydrogen-bond donors (Lipinski definition) is 2. The van der Waals surface area contributed by atoms with Gasteiger partial charge in [-0.05, 0) is 44.4 Å². The Morgan fingerprint density at radius 2 is 1.97 bits per heavy atom. The molecule has 1 amide bonds. The second kappa shape index (κ2) is 10.3. The second-order valence-electron chi connectivity index (χ2n) is 7.75. The number of aromatic nitrogens is 1. The fraction of sp³-hybridized carbons (Fsp3) is 0.435. The summed E-state index contributed by atoms with van der Waals surface area (Å²) in [6.45, 7) is 1.85. The lowest BCUT2D eigenvalue weighted by Gasteiger charge is -2.28. The highest BCUT2D eigenvalue weighted by Crippen LogP contribution is 2.35. The van der Waals surface area contributed by atoms with Crippen molar-refractivity contribution in [1.82, 2.24) is 10.3 Å². The van der Waals surface area contributed by atoms with Crippen LogP contribution in [0.15, 0.2) is 30.5 Å². The van der Waals surface area contributed by atoms with Crippen LogP contribution < -0.4 is 20.1 Å². The molecule has 2 atom stereocenters. The van der Waals surface area contributed by atoms with Gasteiger partial charge >= 0.3 is 0 Å². The van der Waals surface area contributed by atoms with Gasteiger partial charge in [-0.2, -0.15) is 0 Å².